The van der Waals surface area contributed by atoms with Crippen molar-refractivity contribution in [2.45, 2.75) is 52.5 Å². The molecule has 1 N–H and O–H groups in total. The Labute approximate surface area is 196 Å². The van der Waals surface area contributed by atoms with Gasteiger partial charge in [0.15, 0.2) is 5.65 Å². The highest BCUT2D eigenvalue weighted by Gasteiger charge is 2.18. The van der Waals surface area contributed by atoms with Gasteiger partial charge in [-0.05, 0) is 73.9 Å². The zero-order valence-electron chi connectivity index (χ0n) is 19.3. The molecule has 0 aliphatic carbocycles. The van der Waals surface area contributed by atoms with Crippen LogP contribution in [0.4, 0.5) is 19.0 Å². The Kier molecular flexibility index (Phi) is 7.09. The predicted molar refractivity (Wildman–Crippen MR) is 130 cm³/mol. The minimum Gasteiger partial charge on any atom is -0.367 e. The summed E-state index contributed by atoms with van der Waals surface area (Å²) >= 11 is 0. The number of pyridine rings is 1. The standard InChI is InChI=1S/C25H27F3N6/c1-15(11-29-17(3)30-13-23(27)28)20-10-19-7-5-4-6-18-8-9-22(26)21(16(18)2)12-31-24(19)34-14-32-33-25(20)34/h8-11,14,23,31H,1,4-7,12-13H2,2-3H3/b29-11-,30-17-. The highest BCUT2D eigenvalue weighted by atomic mass is 19.3. The first kappa shape index (κ1) is 23.7. The molecule has 34 heavy (non-hydrogen) atoms. The number of benzene rings is 1. The van der Waals surface area contributed by atoms with Gasteiger partial charge in [0, 0.05) is 23.9 Å². The van der Waals surface area contributed by atoms with Gasteiger partial charge in [-0.15, -0.1) is 10.2 Å². The van der Waals surface area contributed by atoms with E-state index in [0.717, 1.165) is 48.2 Å². The molecule has 6 nitrogen and oxygen atoms in total. The predicted octanol–water partition coefficient (Wildman–Crippen LogP) is 5.44. The molecule has 0 unspecified atom stereocenters. The Morgan fingerprint density at radius 1 is 1.26 bits per heavy atom. The second kappa shape index (κ2) is 10.2. The highest BCUT2D eigenvalue weighted by Crippen LogP contribution is 2.29. The van der Waals surface area contributed by atoms with Gasteiger partial charge in [-0.1, -0.05) is 12.6 Å². The van der Waals surface area contributed by atoms with Crippen LogP contribution in [-0.2, 0) is 19.4 Å². The molecule has 0 spiro atoms. The summed E-state index contributed by atoms with van der Waals surface area (Å²) in [6.07, 6.45) is 4.24. The maximum Gasteiger partial charge on any atom is 0.257 e. The quantitative estimate of drug-likeness (QED) is 0.410. The Morgan fingerprint density at radius 3 is 2.79 bits per heavy atom. The van der Waals surface area contributed by atoms with Gasteiger partial charge in [-0.25, -0.2) is 18.2 Å². The lowest BCUT2D eigenvalue weighted by Gasteiger charge is -2.17. The van der Waals surface area contributed by atoms with Gasteiger partial charge < -0.3 is 5.32 Å². The minimum atomic E-state index is -2.51. The Balaban J connectivity index is 1.70. The normalized spacial score (nSPS) is 14.8. The lowest BCUT2D eigenvalue weighted by molar-refractivity contribution is 0.158. The topological polar surface area (TPSA) is 66.9 Å². The van der Waals surface area contributed by atoms with Crippen LogP contribution in [0.1, 0.15) is 47.6 Å². The summed E-state index contributed by atoms with van der Waals surface area (Å²) in [6.45, 7) is 7.39. The molecule has 0 saturated heterocycles. The van der Waals surface area contributed by atoms with Gasteiger partial charge in [0.1, 0.15) is 30.3 Å². The number of aliphatic imine (C=N–C) groups is 2. The molecule has 1 aliphatic rings. The molecule has 0 radical (unpaired) electrons. The number of allylic oxidation sites excluding steroid dienone is 1. The van der Waals surface area contributed by atoms with Crippen molar-refractivity contribution in [3.8, 4) is 0 Å². The third kappa shape index (κ3) is 5.03. The number of nitrogens with zero attached hydrogens (tertiary/aromatic N) is 5. The summed E-state index contributed by atoms with van der Waals surface area (Å²) in [5.74, 6) is 0.837. The average Bonchev–Trinajstić information content (AvgIpc) is 3.29. The number of alkyl halides is 2. The van der Waals surface area contributed by atoms with E-state index in [1.54, 1.807) is 19.3 Å². The summed E-state index contributed by atoms with van der Waals surface area (Å²) in [7, 11) is 0. The molecule has 9 heteroatoms. The molecule has 0 amide bonds. The van der Waals surface area contributed by atoms with Gasteiger partial charge in [0.05, 0.1) is 0 Å². The van der Waals surface area contributed by atoms with Crippen LogP contribution in [0, 0.1) is 12.7 Å². The van der Waals surface area contributed by atoms with Gasteiger partial charge in [0.25, 0.3) is 6.43 Å². The van der Waals surface area contributed by atoms with Gasteiger partial charge >= 0.3 is 0 Å². The van der Waals surface area contributed by atoms with E-state index in [-0.39, 0.29) is 11.7 Å². The molecule has 3 aromatic rings. The largest absolute Gasteiger partial charge is 0.367 e. The van der Waals surface area contributed by atoms with Crippen molar-refractivity contribution < 1.29 is 13.2 Å². The number of anilines is 1. The number of hydrogen-bond donors (Lipinski definition) is 1. The molecule has 1 aliphatic heterocycles. The van der Waals surface area contributed by atoms with Crippen LogP contribution in [0.2, 0.25) is 0 Å². The zero-order chi connectivity index (χ0) is 24.2. The van der Waals surface area contributed by atoms with Crippen molar-refractivity contribution in [1.29, 1.82) is 0 Å². The van der Waals surface area contributed by atoms with E-state index in [4.69, 9.17) is 0 Å². The third-order valence-electron chi connectivity index (χ3n) is 6.09. The molecule has 0 fully saturated rings. The highest BCUT2D eigenvalue weighted by molar-refractivity contribution is 6.14. The van der Waals surface area contributed by atoms with Crippen molar-refractivity contribution in [1.82, 2.24) is 14.6 Å². The molecule has 2 aromatic heterocycles. The number of hydrogen-bond acceptors (Lipinski definition) is 4. The van der Waals surface area contributed by atoms with Crippen LogP contribution in [0.25, 0.3) is 11.2 Å². The first-order valence-corrected chi connectivity index (χ1v) is 11.2. The fourth-order valence-corrected chi connectivity index (χ4v) is 4.22. The summed E-state index contributed by atoms with van der Waals surface area (Å²) in [6, 6.07) is 5.43. The van der Waals surface area contributed by atoms with E-state index >= 15 is 0 Å². The van der Waals surface area contributed by atoms with Crippen molar-refractivity contribution in [2.75, 3.05) is 11.9 Å². The summed E-state index contributed by atoms with van der Waals surface area (Å²) in [5, 5.41) is 11.7. The molecule has 0 atom stereocenters. The van der Waals surface area contributed by atoms with E-state index in [0.29, 0.717) is 23.3 Å². The van der Waals surface area contributed by atoms with Crippen molar-refractivity contribution in [3.63, 3.8) is 0 Å². The van der Waals surface area contributed by atoms with Crippen LogP contribution in [0.3, 0.4) is 0 Å². The molecule has 4 rings (SSSR count). The van der Waals surface area contributed by atoms with E-state index in [1.165, 1.54) is 11.8 Å². The Bertz CT molecular complexity index is 1280. The lowest BCUT2D eigenvalue weighted by atomic mass is 9.97. The van der Waals surface area contributed by atoms with Crippen LogP contribution in [-0.4, -0.2) is 39.6 Å². The lowest BCUT2D eigenvalue weighted by Crippen LogP contribution is -2.11. The molecular weight excluding hydrogens is 441 g/mol. The number of nitrogens with one attached hydrogen (secondary N) is 1. The molecular formula is C25H27F3N6. The van der Waals surface area contributed by atoms with Crippen molar-refractivity contribution >= 4 is 29.1 Å². The first-order chi connectivity index (χ1) is 16.3. The van der Waals surface area contributed by atoms with Gasteiger partial charge in [0.2, 0.25) is 0 Å². The van der Waals surface area contributed by atoms with Crippen LogP contribution in [0.15, 0.2) is 41.1 Å². The van der Waals surface area contributed by atoms with Gasteiger partial charge in [-0.3, -0.25) is 9.39 Å². The third-order valence-corrected chi connectivity index (χ3v) is 6.09. The molecule has 0 saturated carbocycles. The molecule has 2 bridgehead atoms. The number of aromatic nitrogens is 3. The zero-order valence-corrected chi connectivity index (χ0v) is 19.3. The van der Waals surface area contributed by atoms with E-state index in [1.807, 2.05) is 23.5 Å². The fourth-order valence-electron chi connectivity index (χ4n) is 4.22. The number of amidine groups is 1. The van der Waals surface area contributed by atoms with Crippen LogP contribution in [0.5, 0.6) is 0 Å². The van der Waals surface area contributed by atoms with E-state index < -0.39 is 13.0 Å². The minimum absolute atomic E-state index is 0.223. The molecule has 178 valence electrons. The Hall–Kier alpha value is -3.49. The first-order valence-electron chi connectivity index (χ1n) is 11.2. The smallest absolute Gasteiger partial charge is 0.257 e. The molecule has 1 aromatic carbocycles. The van der Waals surface area contributed by atoms with Gasteiger partial charge in [-0.2, -0.15) is 0 Å². The van der Waals surface area contributed by atoms with Crippen LogP contribution >= 0.6 is 0 Å². The number of halogens is 3. The maximum atomic E-state index is 14.6. The van der Waals surface area contributed by atoms with E-state index in [9.17, 15) is 13.2 Å². The Morgan fingerprint density at radius 2 is 2.03 bits per heavy atom. The second-order valence-corrected chi connectivity index (χ2v) is 8.39. The number of aryl methyl sites for hydroxylation is 2. The van der Waals surface area contributed by atoms with Crippen LogP contribution < -0.4 is 5.32 Å². The second-order valence-electron chi connectivity index (χ2n) is 8.39. The summed E-state index contributed by atoms with van der Waals surface area (Å²) in [5.41, 5.74) is 5.73. The average molecular weight is 469 g/mol. The summed E-state index contributed by atoms with van der Waals surface area (Å²) in [4.78, 5) is 7.90. The van der Waals surface area contributed by atoms with E-state index in [2.05, 4.69) is 32.1 Å². The van der Waals surface area contributed by atoms with Crippen molar-refractivity contribution in [3.05, 3.63) is 64.7 Å². The maximum absolute atomic E-state index is 14.6. The number of rotatable bonds is 4. The monoisotopic (exact) mass is 468 g/mol. The fraction of sp³-hybridized carbons (Fsp3) is 0.360. The summed E-state index contributed by atoms with van der Waals surface area (Å²) < 4.78 is 41.2. The number of fused-ring (bicyclic) bond motifs is 5. The molecule has 3 heterocycles. The van der Waals surface area contributed by atoms with Crippen molar-refractivity contribution in [2.24, 2.45) is 9.98 Å². The SMILES string of the molecule is C=C(/C=N\C(C)=N/CC(F)F)c1cc2c(n3cnnc13)NCc1c(F)ccc(c1C)CCCC2.